The van der Waals surface area contributed by atoms with Crippen LogP contribution in [0.15, 0.2) is 22.7 Å². The lowest BCUT2D eigenvalue weighted by Crippen LogP contribution is -2.28. The smallest absolute Gasteiger partial charge is 0.258 e. The summed E-state index contributed by atoms with van der Waals surface area (Å²) in [6.45, 7) is 3.13. The Morgan fingerprint density at radius 2 is 2.00 bits per heavy atom. The van der Waals surface area contributed by atoms with E-state index in [2.05, 4.69) is 21.2 Å². The SMILES string of the molecule is CC(=O)NC(=O)c1cccc(Br)c1C. The van der Waals surface area contributed by atoms with Gasteiger partial charge in [0.15, 0.2) is 0 Å². The Labute approximate surface area is 90.6 Å². The van der Waals surface area contributed by atoms with Gasteiger partial charge in [-0.3, -0.25) is 14.9 Å². The molecule has 1 N–H and O–H groups in total. The van der Waals surface area contributed by atoms with Gasteiger partial charge < -0.3 is 0 Å². The normalized spacial score (nSPS) is 9.64. The predicted octanol–water partition coefficient (Wildman–Crippen LogP) is 2.03. The van der Waals surface area contributed by atoms with E-state index < -0.39 is 0 Å². The van der Waals surface area contributed by atoms with E-state index in [1.807, 2.05) is 13.0 Å². The number of imide groups is 1. The highest BCUT2D eigenvalue weighted by Crippen LogP contribution is 2.19. The second kappa shape index (κ2) is 4.37. The second-order valence-corrected chi connectivity index (χ2v) is 3.78. The van der Waals surface area contributed by atoms with Gasteiger partial charge in [-0.1, -0.05) is 22.0 Å². The molecule has 0 spiro atoms. The van der Waals surface area contributed by atoms with Gasteiger partial charge in [0.05, 0.1) is 0 Å². The molecule has 0 fully saturated rings. The van der Waals surface area contributed by atoms with E-state index in [9.17, 15) is 9.59 Å². The maximum atomic E-state index is 11.5. The first-order valence-corrected chi connectivity index (χ1v) is 4.88. The third kappa shape index (κ3) is 2.42. The molecule has 0 radical (unpaired) electrons. The summed E-state index contributed by atoms with van der Waals surface area (Å²) < 4.78 is 0.855. The molecule has 0 saturated heterocycles. The summed E-state index contributed by atoms with van der Waals surface area (Å²) in [5.41, 5.74) is 1.33. The maximum Gasteiger partial charge on any atom is 0.258 e. The van der Waals surface area contributed by atoms with Crippen molar-refractivity contribution in [3.63, 3.8) is 0 Å². The second-order valence-electron chi connectivity index (χ2n) is 2.92. The van der Waals surface area contributed by atoms with E-state index in [1.54, 1.807) is 12.1 Å². The van der Waals surface area contributed by atoms with Gasteiger partial charge in [0.25, 0.3) is 5.91 Å². The Morgan fingerprint density at radius 3 is 2.57 bits per heavy atom. The molecule has 14 heavy (non-hydrogen) atoms. The minimum atomic E-state index is -0.365. The molecule has 0 aliphatic carbocycles. The van der Waals surface area contributed by atoms with Crippen molar-refractivity contribution < 1.29 is 9.59 Å². The quantitative estimate of drug-likeness (QED) is 0.835. The lowest BCUT2D eigenvalue weighted by Gasteiger charge is -2.05. The lowest BCUT2D eigenvalue weighted by atomic mass is 10.1. The molecule has 0 aromatic heterocycles. The zero-order valence-corrected chi connectivity index (χ0v) is 9.51. The Morgan fingerprint density at radius 1 is 1.36 bits per heavy atom. The van der Waals surface area contributed by atoms with Crippen LogP contribution in [0.5, 0.6) is 0 Å². The summed E-state index contributed by atoms with van der Waals surface area (Å²) >= 11 is 3.32. The maximum absolute atomic E-state index is 11.5. The van der Waals surface area contributed by atoms with Crippen molar-refractivity contribution in [3.8, 4) is 0 Å². The number of carbonyl (C=O) groups excluding carboxylic acids is 2. The van der Waals surface area contributed by atoms with E-state index in [1.165, 1.54) is 6.92 Å². The van der Waals surface area contributed by atoms with Crippen molar-refractivity contribution in [2.75, 3.05) is 0 Å². The summed E-state index contributed by atoms with van der Waals surface area (Å²) in [6.07, 6.45) is 0. The van der Waals surface area contributed by atoms with Crippen molar-refractivity contribution in [2.24, 2.45) is 0 Å². The van der Waals surface area contributed by atoms with Crippen LogP contribution >= 0.6 is 15.9 Å². The molecule has 1 aromatic rings. The highest BCUT2D eigenvalue weighted by Gasteiger charge is 2.11. The van der Waals surface area contributed by atoms with E-state index in [4.69, 9.17) is 0 Å². The average Bonchev–Trinajstić information content (AvgIpc) is 2.08. The summed E-state index contributed by atoms with van der Waals surface area (Å²) in [4.78, 5) is 22.2. The van der Waals surface area contributed by atoms with Gasteiger partial charge in [-0.05, 0) is 24.6 Å². The van der Waals surface area contributed by atoms with Gasteiger partial charge in [0.2, 0.25) is 5.91 Å². The van der Waals surface area contributed by atoms with Gasteiger partial charge in [-0.2, -0.15) is 0 Å². The molecule has 3 nitrogen and oxygen atoms in total. The number of rotatable bonds is 1. The molecule has 0 saturated carbocycles. The van der Waals surface area contributed by atoms with E-state index in [0.717, 1.165) is 10.0 Å². The standard InChI is InChI=1S/C10H10BrNO2/c1-6-8(4-3-5-9(6)11)10(14)12-7(2)13/h3-5H,1-2H3,(H,12,13,14). The number of benzene rings is 1. The molecule has 4 heteroatoms. The van der Waals surface area contributed by atoms with Crippen LogP contribution < -0.4 is 5.32 Å². The number of nitrogens with one attached hydrogen (secondary N) is 1. The zero-order valence-electron chi connectivity index (χ0n) is 7.93. The molecule has 0 heterocycles. The van der Waals surface area contributed by atoms with Crippen molar-refractivity contribution >= 4 is 27.7 Å². The first kappa shape index (κ1) is 10.9. The minimum absolute atomic E-state index is 0.352. The van der Waals surface area contributed by atoms with Gasteiger partial charge >= 0.3 is 0 Å². The predicted molar refractivity (Wildman–Crippen MR) is 57.0 cm³/mol. The van der Waals surface area contributed by atoms with Gasteiger partial charge in [0.1, 0.15) is 0 Å². The van der Waals surface area contributed by atoms with E-state index >= 15 is 0 Å². The molecule has 0 aliphatic rings. The molecule has 0 aliphatic heterocycles. The molecular weight excluding hydrogens is 246 g/mol. The van der Waals surface area contributed by atoms with Crippen LogP contribution in [0.25, 0.3) is 0 Å². The zero-order chi connectivity index (χ0) is 10.7. The van der Waals surface area contributed by atoms with E-state index in [-0.39, 0.29) is 11.8 Å². The Kier molecular flexibility index (Phi) is 3.41. The van der Waals surface area contributed by atoms with E-state index in [0.29, 0.717) is 5.56 Å². The molecule has 0 unspecified atom stereocenters. The average molecular weight is 256 g/mol. The molecule has 2 amide bonds. The topological polar surface area (TPSA) is 46.2 Å². The number of amides is 2. The highest BCUT2D eigenvalue weighted by molar-refractivity contribution is 9.10. The van der Waals surface area contributed by atoms with Gasteiger partial charge in [-0.15, -0.1) is 0 Å². The minimum Gasteiger partial charge on any atom is -0.293 e. The third-order valence-corrected chi connectivity index (χ3v) is 2.66. The molecule has 0 atom stereocenters. The number of carbonyl (C=O) groups is 2. The number of hydrogen-bond acceptors (Lipinski definition) is 2. The first-order chi connectivity index (χ1) is 6.52. The van der Waals surface area contributed by atoms with Crippen molar-refractivity contribution in [2.45, 2.75) is 13.8 Å². The van der Waals surface area contributed by atoms with Crippen LogP contribution in [0.1, 0.15) is 22.8 Å². The fraction of sp³-hybridized carbons (Fsp3) is 0.200. The first-order valence-electron chi connectivity index (χ1n) is 4.09. The van der Waals surface area contributed by atoms with Crippen LogP contribution in [0, 0.1) is 6.92 Å². The van der Waals surface area contributed by atoms with Crippen molar-refractivity contribution in [1.82, 2.24) is 5.32 Å². The Bertz CT molecular complexity index is 388. The van der Waals surface area contributed by atoms with Crippen molar-refractivity contribution in [3.05, 3.63) is 33.8 Å². The number of halogens is 1. The number of hydrogen-bond donors (Lipinski definition) is 1. The summed E-state index contributed by atoms with van der Waals surface area (Å²) in [5, 5.41) is 2.23. The molecule has 0 bridgehead atoms. The third-order valence-electron chi connectivity index (χ3n) is 1.80. The van der Waals surface area contributed by atoms with Gasteiger partial charge in [0, 0.05) is 17.0 Å². The molecule has 1 rings (SSSR count). The van der Waals surface area contributed by atoms with Crippen LogP contribution in [0.2, 0.25) is 0 Å². The molecular formula is C10H10BrNO2. The monoisotopic (exact) mass is 255 g/mol. The van der Waals surface area contributed by atoms with Crippen LogP contribution in [0.3, 0.4) is 0 Å². The van der Waals surface area contributed by atoms with Crippen LogP contribution in [-0.2, 0) is 4.79 Å². The van der Waals surface area contributed by atoms with Gasteiger partial charge in [-0.25, -0.2) is 0 Å². The molecule has 1 aromatic carbocycles. The lowest BCUT2D eigenvalue weighted by molar-refractivity contribution is -0.118. The Balaban J connectivity index is 3.01. The van der Waals surface area contributed by atoms with Crippen molar-refractivity contribution in [1.29, 1.82) is 0 Å². The fourth-order valence-electron chi connectivity index (χ4n) is 1.08. The van der Waals surface area contributed by atoms with Crippen LogP contribution in [0.4, 0.5) is 0 Å². The summed E-state index contributed by atoms with van der Waals surface area (Å²) in [7, 11) is 0. The fourth-order valence-corrected chi connectivity index (χ4v) is 1.45. The summed E-state index contributed by atoms with van der Waals surface area (Å²) in [6, 6.07) is 5.28. The molecule has 74 valence electrons. The van der Waals surface area contributed by atoms with Crippen LogP contribution in [-0.4, -0.2) is 11.8 Å². The highest BCUT2D eigenvalue weighted by atomic mass is 79.9. The Hall–Kier alpha value is -1.16. The summed E-state index contributed by atoms with van der Waals surface area (Å²) in [5.74, 6) is -0.717. The largest absolute Gasteiger partial charge is 0.293 e.